The summed E-state index contributed by atoms with van der Waals surface area (Å²) in [5, 5.41) is 1.01. The molecule has 0 atom stereocenters. The number of aromatic nitrogens is 3. The van der Waals surface area contributed by atoms with Crippen LogP contribution < -0.4 is 15.4 Å². The lowest BCUT2D eigenvalue weighted by molar-refractivity contribution is 0.344. The van der Waals surface area contributed by atoms with Gasteiger partial charge in [0.15, 0.2) is 5.75 Å². The molecule has 0 fully saturated rings. The largest absolute Gasteiger partial charge is 0.490 e. The third kappa shape index (κ3) is 5.30. The van der Waals surface area contributed by atoms with Crippen molar-refractivity contribution in [3.05, 3.63) is 34.1 Å². The zero-order valence-corrected chi connectivity index (χ0v) is 15.1. The summed E-state index contributed by atoms with van der Waals surface area (Å²) < 4.78 is 5.62. The summed E-state index contributed by atoms with van der Waals surface area (Å²) in [6.07, 6.45) is 0. The number of thioether (sulfide) groups is 1. The summed E-state index contributed by atoms with van der Waals surface area (Å²) in [5.74, 6) is 3.28. The van der Waals surface area contributed by atoms with E-state index >= 15 is 0 Å². The fourth-order valence-electron chi connectivity index (χ4n) is 1.68. The van der Waals surface area contributed by atoms with Crippen LogP contribution in [0.5, 0.6) is 5.75 Å². The van der Waals surface area contributed by atoms with Crippen molar-refractivity contribution in [3.8, 4) is 5.75 Å². The molecule has 0 unspecified atom stereocenters. The normalized spacial score (nSPS) is 10.6. The Bertz CT molecular complexity index is 651. The minimum Gasteiger partial charge on any atom is -0.490 e. The molecule has 0 saturated heterocycles. The number of ether oxygens (including phenoxy) is 1. The molecule has 0 aliphatic heterocycles. The van der Waals surface area contributed by atoms with E-state index in [-0.39, 0.29) is 5.95 Å². The molecule has 0 aliphatic rings. The number of rotatable bonds is 7. The number of para-hydroxylation sites is 1. The average molecular weight is 374 g/mol. The first-order valence-corrected chi connectivity index (χ1v) is 8.70. The van der Waals surface area contributed by atoms with Gasteiger partial charge in [0.25, 0.3) is 0 Å². The van der Waals surface area contributed by atoms with Crippen LogP contribution >= 0.6 is 35.0 Å². The van der Waals surface area contributed by atoms with Crippen LogP contribution in [-0.4, -0.2) is 41.4 Å². The number of nitrogens with zero attached hydrogens (tertiary/aromatic N) is 4. The zero-order valence-electron chi connectivity index (χ0n) is 12.8. The average Bonchev–Trinajstić information content (AvgIpc) is 2.49. The van der Waals surface area contributed by atoms with E-state index in [0.717, 1.165) is 5.75 Å². The van der Waals surface area contributed by atoms with Crippen LogP contribution in [0.25, 0.3) is 0 Å². The van der Waals surface area contributed by atoms with E-state index in [1.54, 1.807) is 34.9 Å². The number of hydrogen-bond donors (Lipinski definition) is 1. The van der Waals surface area contributed by atoms with Gasteiger partial charge in [-0.1, -0.05) is 29.3 Å². The smallest absolute Gasteiger partial charge is 0.229 e. The molecular formula is C14H17Cl2N5OS. The standard InChI is InChI=1S/C14H17Cl2N5OS/c1-21(2)14-19-11(18-13(17)20-14)8-23-7-6-22-12-9(15)4-3-5-10(12)16/h3-5H,6-8H2,1-2H3,(H2,17,18,19,20). The number of benzene rings is 1. The number of hydrogen-bond acceptors (Lipinski definition) is 7. The Labute approximate surface area is 149 Å². The number of anilines is 2. The van der Waals surface area contributed by atoms with Gasteiger partial charge in [-0.05, 0) is 12.1 Å². The molecule has 1 aromatic carbocycles. The van der Waals surface area contributed by atoms with Gasteiger partial charge >= 0.3 is 0 Å². The fourth-order valence-corrected chi connectivity index (χ4v) is 2.84. The number of nitrogen functional groups attached to an aromatic ring is 1. The van der Waals surface area contributed by atoms with Crippen molar-refractivity contribution in [2.75, 3.05) is 37.1 Å². The Hall–Kier alpha value is -1.44. The van der Waals surface area contributed by atoms with Gasteiger partial charge in [-0.2, -0.15) is 26.7 Å². The maximum absolute atomic E-state index is 6.04. The van der Waals surface area contributed by atoms with Crippen molar-refractivity contribution in [3.63, 3.8) is 0 Å². The Morgan fingerprint density at radius 2 is 1.87 bits per heavy atom. The predicted octanol–water partition coefficient (Wildman–Crippen LogP) is 3.14. The van der Waals surface area contributed by atoms with Gasteiger partial charge in [0.1, 0.15) is 5.82 Å². The minimum absolute atomic E-state index is 0.221. The molecule has 1 heterocycles. The monoisotopic (exact) mass is 373 g/mol. The summed E-state index contributed by atoms with van der Waals surface area (Å²) in [5.41, 5.74) is 5.68. The van der Waals surface area contributed by atoms with Crippen molar-refractivity contribution in [2.24, 2.45) is 0 Å². The van der Waals surface area contributed by atoms with Crippen LogP contribution in [0.3, 0.4) is 0 Å². The molecule has 23 heavy (non-hydrogen) atoms. The first-order valence-electron chi connectivity index (χ1n) is 6.79. The molecule has 2 N–H and O–H groups in total. The molecule has 0 saturated carbocycles. The van der Waals surface area contributed by atoms with Gasteiger partial charge in [0.05, 0.1) is 22.4 Å². The Kier molecular flexibility index (Phi) is 6.56. The zero-order chi connectivity index (χ0) is 16.8. The van der Waals surface area contributed by atoms with Crippen LogP contribution in [0.1, 0.15) is 5.82 Å². The molecule has 124 valence electrons. The summed E-state index contributed by atoms with van der Waals surface area (Å²) in [6, 6.07) is 5.26. The van der Waals surface area contributed by atoms with Crippen LogP contribution in [0.15, 0.2) is 18.2 Å². The van der Waals surface area contributed by atoms with Crippen LogP contribution in [0.2, 0.25) is 10.0 Å². The van der Waals surface area contributed by atoms with Crippen molar-refractivity contribution >= 4 is 46.9 Å². The van der Waals surface area contributed by atoms with Crippen LogP contribution in [0.4, 0.5) is 11.9 Å². The first-order chi connectivity index (χ1) is 11.0. The van der Waals surface area contributed by atoms with E-state index in [1.807, 2.05) is 14.1 Å². The highest BCUT2D eigenvalue weighted by molar-refractivity contribution is 7.98. The second kappa shape index (κ2) is 8.42. The summed E-state index contributed by atoms with van der Waals surface area (Å²) in [4.78, 5) is 14.3. The van der Waals surface area contributed by atoms with Crippen molar-refractivity contribution in [1.82, 2.24) is 15.0 Å². The Morgan fingerprint density at radius 1 is 1.17 bits per heavy atom. The lowest BCUT2D eigenvalue weighted by atomic mass is 10.3. The number of nitrogens with two attached hydrogens (primary N) is 1. The fraction of sp³-hybridized carbons (Fsp3) is 0.357. The molecule has 2 aromatic rings. The lowest BCUT2D eigenvalue weighted by Gasteiger charge is -2.11. The quantitative estimate of drug-likeness (QED) is 0.746. The van der Waals surface area contributed by atoms with Crippen molar-refractivity contribution < 1.29 is 4.74 Å². The molecular weight excluding hydrogens is 357 g/mol. The Morgan fingerprint density at radius 3 is 2.52 bits per heavy atom. The second-order valence-corrected chi connectivity index (χ2v) is 6.68. The van der Waals surface area contributed by atoms with Gasteiger partial charge in [0.2, 0.25) is 11.9 Å². The highest BCUT2D eigenvalue weighted by Crippen LogP contribution is 2.32. The van der Waals surface area contributed by atoms with E-state index in [4.69, 9.17) is 33.7 Å². The maximum atomic E-state index is 6.04. The molecule has 0 spiro atoms. The SMILES string of the molecule is CN(C)c1nc(N)nc(CSCCOc2c(Cl)cccc2Cl)n1. The van der Waals surface area contributed by atoms with Gasteiger partial charge in [-0.3, -0.25) is 0 Å². The molecule has 0 amide bonds. The van der Waals surface area contributed by atoms with E-state index in [0.29, 0.717) is 39.9 Å². The molecule has 1 aromatic heterocycles. The minimum atomic E-state index is 0.221. The van der Waals surface area contributed by atoms with E-state index in [1.165, 1.54) is 0 Å². The lowest BCUT2D eigenvalue weighted by Crippen LogP contribution is -2.16. The molecule has 9 heteroatoms. The van der Waals surface area contributed by atoms with Crippen molar-refractivity contribution in [2.45, 2.75) is 5.75 Å². The number of halogens is 2. The molecule has 0 bridgehead atoms. The van der Waals surface area contributed by atoms with Gasteiger partial charge < -0.3 is 15.4 Å². The molecule has 0 radical (unpaired) electrons. The van der Waals surface area contributed by atoms with Gasteiger partial charge in [0, 0.05) is 19.8 Å². The second-order valence-electron chi connectivity index (χ2n) is 4.76. The first kappa shape index (κ1) is 17.9. The van der Waals surface area contributed by atoms with E-state index in [9.17, 15) is 0 Å². The predicted molar refractivity (Wildman–Crippen MR) is 96.7 cm³/mol. The van der Waals surface area contributed by atoms with Crippen LogP contribution in [0, 0.1) is 0 Å². The molecule has 0 aliphatic carbocycles. The summed E-state index contributed by atoms with van der Waals surface area (Å²) >= 11 is 13.7. The van der Waals surface area contributed by atoms with Crippen LogP contribution in [-0.2, 0) is 5.75 Å². The molecule has 2 rings (SSSR count). The maximum Gasteiger partial charge on any atom is 0.229 e. The van der Waals surface area contributed by atoms with E-state index < -0.39 is 0 Å². The molecule has 6 nitrogen and oxygen atoms in total. The third-order valence-electron chi connectivity index (χ3n) is 2.71. The topological polar surface area (TPSA) is 77.2 Å². The highest BCUT2D eigenvalue weighted by atomic mass is 35.5. The van der Waals surface area contributed by atoms with E-state index in [2.05, 4.69) is 15.0 Å². The van der Waals surface area contributed by atoms with Crippen molar-refractivity contribution in [1.29, 1.82) is 0 Å². The summed E-state index contributed by atoms with van der Waals surface area (Å²) in [7, 11) is 3.71. The third-order valence-corrected chi connectivity index (χ3v) is 4.22. The van der Waals surface area contributed by atoms with Gasteiger partial charge in [-0.25, -0.2) is 0 Å². The Balaban J connectivity index is 1.82. The highest BCUT2D eigenvalue weighted by Gasteiger charge is 2.08. The summed E-state index contributed by atoms with van der Waals surface area (Å²) in [6.45, 7) is 0.481. The van der Waals surface area contributed by atoms with Gasteiger partial charge in [-0.15, -0.1) is 0 Å².